The van der Waals surface area contributed by atoms with Crippen molar-refractivity contribution in [2.45, 2.75) is 19.6 Å². The first-order valence-corrected chi connectivity index (χ1v) is 6.18. The van der Waals surface area contributed by atoms with E-state index in [1.807, 2.05) is 0 Å². The Labute approximate surface area is 123 Å². The molecule has 0 saturated heterocycles. The number of aryl methyl sites for hydroxylation is 2. The predicted molar refractivity (Wildman–Crippen MR) is 71.3 cm³/mol. The standard InChI is InChI=1S/C12H13F3N6O/c1-8-10(6-20(2)18-8)11(22)17-16-5-9-3-4-21(19-9)7-12(13,14)15/h3-6H,7H2,1-2H3,(H,17,22)/b16-5+. The number of amides is 1. The Morgan fingerprint density at radius 2 is 2.18 bits per heavy atom. The SMILES string of the molecule is Cc1nn(C)cc1C(=O)N/N=C/c1ccn(CC(F)(F)F)n1. The number of rotatable bonds is 4. The average Bonchev–Trinajstić information content (AvgIpc) is 2.94. The average molecular weight is 314 g/mol. The van der Waals surface area contributed by atoms with Crippen LogP contribution in [0.3, 0.4) is 0 Å². The van der Waals surface area contributed by atoms with Crippen LogP contribution in [0.15, 0.2) is 23.6 Å². The molecule has 2 aromatic rings. The van der Waals surface area contributed by atoms with Crippen molar-refractivity contribution in [3.05, 3.63) is 35.4 Å². The summed E-state index contributed by atoms with van der Waals surface area (Å²) in [6.07, 6.45) is -0.455. The lowest BCUT2D eigenvalue weighted by atomic mass is 10.2. The summed E-state index contributed by atoms with van der Waals surface area (Å²) in [5, 5.41) is 11.3. The van der Waals surface area contributed by atoms with Crippen molar-refractivity contribution >= 4 is 12.1 Å². The molecule has 1 N–H and O–H groups in total. The van der Waals surface area contributed by atoms with E-state index in [9.17, 15) is 18.0 Å². The van der Waals surface area contributed by atoms with Crippen LogP contribution in [0, 0.1) is 6.92 Å². The highest BCUT2D eigenvalue weighted by Gasteiger charge is 2.28. The van der Waals surface area contributed by atoms with E-state index in [2.05, 4.69) is 20.7 Å². The molecule has 2 heterocycles. The lowest BCUT2D eigenvalue weighted by Crippen LogP contribution is -2.19. The molecule has 0 radical (unpaired) electrons. The van der Waals surface area contributed by atoms with Crippen LogP contribution in [0.2, 0.25) is 0 Å². The zero-order valence-electron chi connectivity index (χ0n) is 11.8. The maximum atomic E-state index is 12.2. The molecule has 22 heavy (non-hydrogen) atoms. The van der Waals surface area contributed by atoms with E-state index >= 15 is 0 Å². The first kappa shape index (κ1) is 15.7. The molecule has 0 unspecified atom stereocenters. The highest BCUT2D eigenvalue weighted by atomic mass is 19.4. The van der Waals surface area contributed by atoms with Crippen molar-refractivity contribution in [2.75, 3.05) is 0 Å². The van der Waals surface area contributed by atoms with E-state index in [0.29, 0.717) is 11.3 Å². The van der Waals surface area contributed by atoms with Gasteiger partial charge in [-0.1, -0.05) is 0 Å². The Morgan fingerprint density at radius 3 is 2.77 bits per heavy atom. The largest absolute Gasteiger partial charge is 0.408 e. The highest BCUT2D eigenvalue weighted by molar-refractivity contribution is 5.95. The van der Waals surface area contributed by atoms with Crippen LogP contribution in [-0.2, 0) is 13.6 Å². The van der Waals surface area contributed by atoms with Gasteiger partial charge >= 0.3 is 6.18 Å². The Bertz CT molecular complexity index is 700. The van der Waals surface area contributed by atoms with E-state index in [4.69, 9.17) is 0 Å². The van der Waals surface area contributed by atoms with Crippen molar-refractivity contribution < 1.29 is 18.0 Å². The summed E-state index contributed by atoms with van der Waals surface area (Å²) in [7, 11) is 1.68. The van der Waals surface area contributed by atoms with Crippen molar-refractivity contribution in [1.82, 2.24) is 25.0 Å². The molecule has 0 saturated carbocycles. The third-order valence-electron chi connectivity index (χ3n) is 2.62. The van der Waals surface area contributed by atoms with E-state index in [-0.39, 0.29) is 5.69 Å². The van der Waals surface area contributed by atoms with Gasteiger partial charge in [-0.2, -0.15) is 28.5 Å². The fourth-order valence-corrected chi connectivity index (χ4v) is 1.76. The second kappa shape index (κ2) is 6.00. The van der Waals surface area contributed by atoms with E-state index in [1.54, 1.807) is 14.0 Å². The van der Waals surface area contributed by atoms with Gasteiger partial charge in [-0.25, -0.2) is 5.43 Å². The van der Waals surface area contributed by atoms with Crippen LogP contribution < -0.4 is 5.43 Å². The molecule has 2 aromatic heterocycles. The van der Waals surface area contributed by atoms with Gasteiger partial charge in [0.15, 0.2) is 0 Å². The molecule has 0 atom stereocenters. The minimum atomic E-state index is -4.34. The van der Waals surface area contributed by atoms with Gasteiger partial charge in [-0.05, 0) is 13.0 Å². The summed E-state index contributed by atoms with van der Waals surface area (Å²) >= 11 is 0. The van der Waals surface area contributed by atoms with E-state index in [1.165, 1.54) is 23.1 Å². The number of alkyl halides is 3. The second-order valence-electron chi connectivity index (χ2n) is 4.55. The monoisotopic (exact) mass is 314 g/mol. The van der Waals surface area contributed by atoms with E-state index < -0.39 is 18.6 Å². The molecular weight excluding hydrogens is 301 g/mol. The molecule has 0 fully saturated rings. The molecule has 1 amide bonds. The number of hydrogen-bond acceptors (Lipinski definition) is 4. The number of nitrogens with zero attached hydrogens (tertiary/aromatic N) is 5. The number of aromatic nitrogens is 4. The zero-order valence-corrected chi connectivity index (χ0v) is 11.8. The number of halogens is 3. The molecule has 0 aromatic carbocycles. The van der Waals surface area contributed by atoms with Gasteiger partial charge in [-0.15, -0.1) is 0 Å². The second-order valence-corrected chi connectivity index (χ2v) is 4.55. The summed E-state index contributed by atoms with van der Waals surface area (Å²) in [6.45, 7) is 0.500. The number of carbonyl (C=O) groups excluding carboxylic acids is 1. The van der Waals surface area contributed by atoms with Crippen molar-refractivity contribution in [3.63, 3.8) is 0 Å². The van der Waals surface area contributed by atoms with Gasteiger partial charge in [0.2, 0.25) is 0 Å². The van der Waals surface area contributed by atoms with Gasteiger partial charge in [0, 0.05) is 19.4 Å². The van der Waals surface area contributed by atoms with Crippen molar-refractivity contribution in [2.24, 2.45) is 12.1 Å². The van der Waals surface area contributed by atoms with Crippen LogP contribution in [0.4, 0.5) is 13.2 Å². The van der Waals surface area contributed by atoms with Gasteiger partial charge in [0.05, 0.1) is 17.5 Å². The molecule has 118 valence electrons. The minimum absolute atomic E-state index is 0.201. The summed E-state index contributed by atoms with van der Waals surface area (Å²) in [5.74, 6) is -0.462. The Balaban J connectivity index is 1.95. The van der Waals surface area contributed by atoms with Crippen LogP contribution in [0.5, 0.6) is 0 Å². The molecule has 0 bridgehead atoms. The fraction of sp³-hybridized carbons (Fsp3) is 0.333. The molecule has 0 aliphatic carbocycles. The lowest BCUT2D eigenvalue weighted by molar-refractivity contribution is -0.142. The fourth-order valence-electron chi connectivity index (χ4n) is 1.76. The molecule has 0 aliphatic heterocycles. The summed E-state index contributed by atoms with van der Waals surface area (Å²) < 4.78 is 38.8. The number of hydrazone groups is 1. The molecule has 0 aliphatic rings. The molecule has 10 heteroatoms. The van der Waals surface area contributed by atoms with Crippen LogP contribution in [-0.4, -0.2) is 37.9 Å². The van der Waals surface area contributed by atoms with Crippen LogP contribution in [0.1, 0.15) is 21.7 Å². The first-order valence-electron chi connectivity index (χ1n) is 6.18. The van der Waals surface area contributed by atoms with Crippen LogP contribution >= 0.6 is 0 Å². The van der Waals surface area contributed by atoms with Crippen molar-refractivity contribution in [1.29, 1.82) is 0 Å². The summed E-state index contributed by atoms with van der Waals surface area (Å²) in [5.41, 5.74) is 3.38. The first-order chi connectivity index (χ1) is 10.2. The third-order valence-corrected chi connectivity index (χ3v) is 2.62. The zero-order chi connectivity index (χ0) is 16.3. The normalized spacial score (nSPS) is 12.0. The lowest BCUT2D eigenvalue weighted by Gasteiger charge is -2.04. The highest BCUT2D eigenvalue weighted by Crippen LogP contribution is 2.16. The summed E-state index contributed by atoms with van der Waals surface area (Å²) in [4.78, 5) is 11.8. The molecule has 0 spiro atoms. The third kappa shape index (κ3) is 4.17. The number of carbonyl (C=O) groups is 1. The van der Waals surface area contributed by atoms with Crippen LogP contribution in [0.25, 0.3) is 0 Å². The van der Waals surface area contributed by atoms with Crippen molar-refractivity contribution in [3.8, 4) is 0 Å². The maximum absolute atomic E-state index is 12.2. The Morgan fingerprint density at radius 1 is 1.45 bits per heavy atom. The molecule has 7 nitrogen and oxygen atoms in total. The Kier molecular flexibility index (Phi) is 4.29. The predicted octanol–water partition coefficient (Wildman–Crippen LogP) is 1.25. The van der Waals surface area contributed by atoms with Gasteiger partial charge < -0.3 is 0 Å². The number of nitrogens with one attached hydrogen (secondary N) is 1. The smallest absolute Gasteiger partial charge is 0.275 e. The van der Waals surface area contributed by atoms with Gasteiger partial charge in [0.1, 0.15) is 12.2 Å². The topological polar surface area (TPSA) is 77.1 Å². The van der Waals surface area contributed by atoms with Gasteiger partial charge in [0.25, 0.3) is 5.91 Å². The van der Waals surface area contributed by atoms with E-state index in [0.717, 1.165) is 10.9 Å². The summed E-state index contributed by atoms with van der Waals surface area (Å²) in [6, 6.07) is 1.36. The Hall–Kier alpha value is -2.65. The minimum Gasteiger partial charge on any atom is -0.275 e. The maximum Gasteiger partial charge on any atom is 0.408 e. The quantitative estimate of drug-likeness (QED) is 0.681. The number of hydrogen-bond donors (Lipinski definition) is 1. The molecular formula is C12H13F3N6O. The van der Waals surface area contributed by atoms with Gasteiger partial charge in [-0.3, -0.25) is 14.2 Å². The molecule has 2 rings (SSSR count).